The molecule has 0 spiro atoms. The highest BCUT2D eigenvalue weighted by Crippen LogP contribution is 2.21. The molecule has 1 N–H and O–H groups in total. The number of rotatable bonds is 5. The van der Waals surface area contributed by atoms with Crippen molar-refractivity contribution in [3.63, 3.8) is 0 Å². The summed E-state index contributed by atoms with van der Waals surface area (Å²) in [4.78, 5) is 13.6. The van der Waals surface area contributed by atoms with Gasteiger partial charge in [-0.25, -0.2) is 0 Å². The molecule has 0 bridgehead atoms. The number of carbonyl (C=O) groups is 1. The molecule has 6 heteroatoms. The second-order valence-electron chi connectivity index (χ2n) is 4.64. The molecule has 1 aromatic rings. The van der Waals surface area contributed by atoms with E-state index in [0.29, 0.717) is 18.8 Å². The molecule has 18 heavy (non-hydrogen) atoms. The number of nitrogens with zero attached hydrogens (tertiary/aromatic N) is 2. The molecule has 5 nitrogen and oxygen atoms in total. The predicted molar refractivity (Wildman–Crippen MR) is 69.3 cm³/mol. The first-order valence-electron chi connectivity index (χ1n) is 6.00. The van der Waals surface area contributed by atoms with Gasteiger partial charge in [-0.15, -0.1) is 11.8 Å². The van der Waals surface area contributed by atoms with Crippen molar-refractivity contribution in [3.8, 4) is 0 Å². The van der Waals surface area contributed by atoms with Crippen molar-refractivity contribution >= 4 is 17.7 Å². The highest BCUT2D eigenvalue weighted by Gasteiger charge is 2.29. The Kier molecular flexibility index (Phi) is 4.29. The smallest absolute Gasteiger partial charge is 0.232 e. The molecule has 0 unspecified atom stereocenters. The van der Waals surface area contributed by atoms with Gasteiger partial charge in [0.05, 0.1) is 11.4 Å². The van der Waals surface area contributed by atoms with E-state index in [4.69, 9.17) is 9.63 Å². The Hall–Kier alpha value is -1.01. The van der Waals surface area contributed by atoms with Gasteiger partial charge in [0.1, 0.15) is 5.76 Å². The minimum atomic E-state index is 0.150. The summed E-state index contributed by atoms with van der Waals surface area (Å²) in [6, 6.07) is 0. The summed E-state index contributed by atoms with van der Waals surface area (Å²) in [7, 11) is 0. The Morgan fingerprint density at radius 1 is 1.56 bits per heavy atom. The number of aliphatic hydroxyl groups excluding tert-OH is 1. The third-order valence-electron chi connectivity index (χ3n) is 3.22. The number of aromatic nitrogens is 1. The number of thioether (sulfide) groups is 1. The van der Waals surface area contributed by atoms with E-state index in [1.54, 1.807) is 16.7 Å². The molecule has 1 saturated heterocycles. The van der Waals surface area contributed by atoms with Crippen molar-refractivity contribution in [2.24, 2.45) is 5.92 Å². The first kappa shape index (κ1) is 13.4. The number of carbonyl (C=O) groups excluding carboxylic acids is 1. The van der Waals surface area contributed by atoms with Crippen LogP contribution in [0.1, 0.15) is 17.0 Å². The number of hydrogen-bond acceptors (Lipinski definition) is 5. The third kappa shape index (κ3) is 2.87. The van der Waals surface area contributed by atoms with Gasteiger partial charge in [0.15, 0.2) is 0 Å². The van der Waals surface area contributed by atoms with Crippen LogP contribution in [0, 0.1) is 19.8 Å². The molecular formula is C12H18N2O3S. The van der Waals surface area contributed by atoms with Crippen LogP contribution >= 0.6 is 11.8 Å². The zero-order valence-electron chi connectivity index (χ0n) is 10.7. The van der Waals surface area contributed by atoms with Crippen LogP contribution in [0.2, 0.25) is 0 Å². The van der Waals surface area contributed by atoms with E-state index in [-0.39, 0.29) is 18.4 Å². The van der Waals surface area contributed by atoms with Crippen molar-refractivity contribution in [2.75, 3.05) is 25.4 Å². The van der Waals surface area contributed by atoms with Crippen molar-refractivity contribution in [3.05, 3.63) is 17.0 Å². The first-order valence-corrected chi connectivity index (χ1v) is 7.15. The van der Waals surface area contributed by atoms with Crippen LogP contribution < -0.4 is 0 Å². The molecule has 100 valence electrons. The summed E-state index contributed by atoms with van der Waals surface area (Å²) in [6.45, 7) is 5.37. The van der Waals surface area contributed by atoms with Crippen LogP contribution in [0.25, 0.3) is 0 Å². The predicted octanol–water partition coefficient (Wildman–Crippen LogP) is 0.975. The fourth-order valence-corrected chi connectivity index (χ4v) is 3.00. The molecule has 0 aromatic carbocycles. The van der Waals surface area contributed by atoms with E-state index in [2.05, 4.69) is 5.16 Å². The van der Waals surface area contributed by atoms with Crippen LogP contribution in [0.4, 0.5) is 0 Å². The second-order valence-corrected chi connectivity index (χ2v) is 5.63. The van der Waals surface area contributed by atoms with Gasteiger partial charge in [-0.2, -0.15) is 0 Å². The largest absolute Gasteiger partial charge is 0.396 e. The van der Waals surface area contributed by atoms with Crippen LogP contribution in [-0.2, 0) is 10.5 Å². The lowest BCUT2D eigenvalue weighted by Gasteiger charge is -2.38. The van der Waals surface area contributed by atoms with Crippen molar-refractivity contribution < 1.29 is 14.4 Å². The average Bonchev–Trinajstić information content (AvgIpc) is 2.59. The molecule has 2 rings (SSSR count). The monoisotopic (exact) mass is 270 g/mol. The minimum Gasteiger partial charge on any atom is -0.396 e. The average molecular weight is 270 g/mol. The fourth-order valence-electron chi connectivity index (χ4n) is 1.93. The summed E-state index contributed by atoms with van der Waals surface area (Å²) in [5.41, 5.74) is 1.99. The normalized spacial score (nSPS) is 15.8. The summed E-state index contributed by atoms with van der Waals surface area (Å²) >= 11 is 1.58. The molecule has 2 heterocycles. The summed E-state index contributed by atoms with van der Waals surface area (Å²) in [5.74, 6) is 2.49. The zero-order valence-corrected chi connectivity index (χ0v) is 11.5. The van der Waals surface area contributed by atoms with Crippen LogP contribution in [-0.4, -0.2) is 46.5 Å². The standard InChI is InChI=1S/C12H18N2O3S/c1-8-11(9(2)17-13-8)6-18-7-12(16)14-3-10(4-14)5-15/h10,15H,3-7H2,1-2H3. The SMILES string of the molecule is Cc1noc(C)c1CSCC(=O)N1CC(CO)C1. The maximum Gasteiger partial charge on any atom is 0.232 e. The van der Waals surface area contributed by atoms with Gasteiger partial charge in [-0.3, -0.25) is 4.79 Å². The molecule has 0 radical (unpaired) electrons. The van der Waals surface area contributed by atoms with Crippen molar-refractivity contribution in [2.45, 2.75) is 19.6 Å². The number of aliphatic hydroxyl groups is 1. The van der Waals surface area contributed by atoms with Gasteiger partial charge in [0.25, 0.3) is 0 Å². The van der Waals surface area contributed by atoms with Gasteiger partial charge < -0.3 is 14.5 Å². The molecule has 0 atom stereocenters. The molecule has 1 fully saturated rings. The van der Waals surface area contributed by atoms with Gasteiger partial charge in [0.2, 0.25) is 5.91 Å². The summed E-state index contributed by atoms with van der Waals surface area (Å²) < 4.78 is 5.07. The molecule has 1 amide bonds. The lowest BCUT2D eigenvalue weighted by molar-refractivity contribution is -0.135. The Balaban J connectivity index is 1.71. The third-order valence-corrected chi connectivity index (χ3v) is 4.17. The van der Waals surface area contributed by atoms with Gasteiger partial charge in [0, 0.05) is 36.9 Å². The molecule has 0 aliphatic carbocycles. The lowest BCUT2D eigenvalue weighted by Crippen LogP contribution is -2.51. The van der Waals surface area contributed by atoms with E-state index in [0.717, 1.165) is 22.8 Å². The molecule has 1 aromatic heterocycles. The molecule has 0 saturated carbocycles. The van der Waals surface area contributed by atoms with Crippen molar-refractivity contribution in [1.82, 2.24) is 10.1 Å². The molecular weight excluding hydrogens is 252 g/mol. The van der Waals surface area contributed by atoms with Crippen LogP contribution in [0.15, 0.2) is 4.52 Å². The van der Waals surface area contributed by atoms with Gasteiger partial charge in [-0.05, 0) is 13.8 Å². The number of aryl methyl sites for hydroxylation is 2. The number of hydrogen-bond donors (Lipinski definition) is 1. The van der Waals surface area contributed by atoms with Gasteiger partial charge >= 0.3 is 0 Å². The van der Waals surface area contributed by atoms with Gasteiger partial charge in [-0.1, -0.05) is 5.16 Å². The fraction of sp³-hybridized carbons (Fsp3) is 0.667. The summed E-state index contributed by atoms with van der Waals surface area (Å²) in [6.07, 6.45) is 0. The Morgan fingerprint density at radius 3 is 2.83 bits per heavy atom. The molecule has 1 aliphatic rings. The lowest BCUT2D eigenvalue weighted by atomic mass is 10.0. The van der Waals surface area contributed by atoms with E-state index in [9.17, 15) is 4.79 Å². The Morgan fingerprint density at radius 2 is 2.28 bits per heavy atom. The Labute approximate surface area is 111 Å². The number of amides is 1. The van der Waals surface area contributed by atoms with E-state index >= 15 is 0 Å². The Bertz CT molecular complexity index is 407. The number of likely N-dealkylation sites (tertiary alicyclic amines) is 1. The summed E-state index contributed by atoms with van der Waals surface area (Å²) in [5, 5.41) is 12.8. The molecule has 1 aliphatic heterocycles. The maximum atomic E-state index is 11.8. The van der Waals surface area contributed by atoms with E-state index in [1.807, 2.05) is 13.8 Å². The van der Waals surface area contributed by atoms with E-state index in [1.165, 1.54) is 0 Å². The van der Waals surface area contributed by atoms with Crippen molar-refractivity contribution in [1.29, 1.82) is 0 Å². The highest BCUT2D eigenvalue weighted by atomic mass is 32.2. The first-order chi connectivity index (χ1) is 8.61. The minimum absolute atomic E-state index is 0.150. The topological polar surface area (TPSA) is 66.6 Å². The van der Waals surface area contributed by atoms with E-state index < -0.39 is 0 Å². The van der Waals surface area contributed by atoms with Crippen LogP contribution in [0.3, 0.4) is 0 Å². The second kappa shape index (κ2) is 5.75. The highest BCUT2D eigenvalue weighted by molar-refractivity contribution is 7.99. The maximum absolute atomic E-state index is 11.8. The quantitative estimate of drug-likeness (QED) is 0.863. The zero-order chi connectivity index (χ0) is 13.1. The van der Waals surface area contributed by atoms with Crippen LogP contribution in [0.5, 0.6) is 0 Å².